The van der Waals surface area contributed by atoms with Crippen molar-refractivity contribution >= 4 is 0 Å². The summed E-state index contributed by atoms with van der Waals surface area (Å²) in [5.41, 5.74) is 2.24. The number of nitrogens with zero attached hydrogens (tertiary/aromatic N) is 1. The van der Waals surface area contributed by atoms with Crippen LogP contribution in [-0.4, -0.2) is 9.78 Å². The predicted molar refractivity (Wildman–Crippen MR) is 63.4 cm³/mol. The van der Waals surface area contributed by atoms with E-state index < -0.39 is 0 Å². The van der Waals surface area contributed by atoms with Gasteiger partial charge >= 0.3 is 0 Å². The zero-order valence-corrected chi connectivity index (χ0v) is 10.4. The van der Waals surface area contributed by atoms with Gasteiger partial charge < -0.3 is 0 Å². The van der Waals surface area contributed by atoms with Crippen LogP contribution in [-0.2, 0) is 12.8 Å². The molecule has 0 amide bonds. The van der Waals surface area contributed by atoms with Gasteiger partial charge in [0.1, 0.15) is 0 Å². The van der Waals surface area contributed by atoms with Gasteiger partial charge in [-0.1, -0.05) is 20.8 Å². The van der Waals surface area contributed by atoms with Crippen LogP contribution in [0.3, 0.4) is 0 Å². The van der Waals surface area contributed by atoms with Gasteiger partial charge in [-0.15, -0.1) is 0 Å². The molecule has 3 heteroatoms. The lowest BCUT2D eigenvalue weighted by molar-refractivity contribution is 0.506. The Morgan fingerprint density at radius 2 is 1.87 bits per heavy atom. The van der Waals surface area contributed by atoms with E-state index >= 15 is 0 Å². The topological polar surface area (TPSA) is 37.8 Å². The van der Waals surface area contributed by atoms with E-state index in [0.717, 1.165) is 18.4 Å². The van der Waals surface area contributed by atoms with E-state index in [1.54, 1.807) is 0 Å². The highest BCUT2D eigenvalue weighted by Crippen LogP contribution is 2.14. The van der Waals surface area contributed by atoms with E-state index in [-0.39, 0.29) is 5.56 Å². The fourth-order valence-corrected chi connectivity index (χ4v) is 1.96. The first-order valence-corrected chi connectivity index (χ1v) is 5.79. The molecule has 0 aromatic carbocycles. The van der Waals surface area contributed by atoms with E-state index in [0.29, 0.717) is 12.0 Å². The summed E-state index contributed by atoms with van der Waals surface area (Å²) in [4.78, 5) is 11.8. The molecule has 0 spiro atoms. The maximum absolute atomic E-state index is 11.8. The van der Waals surface area contributed by atoms with Crippen molar-refractivity contribution in [1.82, 2.24) is 9.78 Å². The van der Waals surface area contributed by atoms with E-state index in [1.165, 1.54) is 5.69 Å². The van der Waals surface area contributed by atoms with Crippen LogP contribution >= 0.6 is 0 Å². The van der Waals surface area contributed by atoms with Crippen molar-refractivity contribution in [3.8, 4) is 0 Å². The second-order valence-electron chi connectivity index (χ2n) is 4.78. The predicted octanol–water partition coefficient (Wildman–Crippen LogP) is 2.52. The fraction of sp³-hybridized carbons (Fsp3) is 0.750. The van der Waals surface area contributed by atoms with Gasteiger partial charge in [0.05, 0.1) is 0 Å². The lowest BCUT2D eigenvalue weighted by Crippen LogP contribution is -2.10. The Morgan fingerprint density at radius 3 is 2.27 bits per heavy atom. The molecule has 1 aromatic heterocycles. The van der Waals surface area contributed by atoms with Crippen LogP contribution < -0.4 is 5.56 Å². The molecule has 0 saturated carbocycles. The summed E-state index contributed by atoms with van der Waals surface area (Å²) < 4.78 is 2.00. The molecule has 1 rings (SSSR count). The van der Waals surface area contributed by atoms with E-state index in [2.05, 4.69) is 39.7 Å². The van der Waals surface area contributed by atoms with Gasteiger partial charge in [-0.25, -0.2) is 0 Å². The van der Waals surface area contributed by atoms with Crippen molar-refractivity contribution in [2.75, 3.05) is 0 Å². The van der Waals surface area contributed by atoms with E-state index in [4.69, 9.17) is 0 Å². The lowest BCUT2D eigenvalue weighted by Gasteiger charge is -2.12. The Kier molecular flexibility index (Phi) is 3.77. The van der Waals surface area contributed by atoms with Gasteiger partial charge in [-0.2, -0.15) is 0 Å². The summed E-state index contributed by atoms with van der Waals surface area (Å²) in [7, 11) is 0. The van der Waals surface area contributed by atoms with Crippen molar-refractivity contribution < 1.29 is 0 Å². The van der Waals surface area contributed by atoms with Gasteiger partial charge in [0.2, 0.25) is 0 Å². The minimum atomic E-state index is 0.0919. The molecule has 1 heterocycles. The molecule has 1 aromatic rings. The molecule has 0 radical (unpaired) electrons. The van der Waals surface area contributed by atoms with Crippen LogP contribution in [0.25, 0.3) is 0 Å². The Labute approximate surface area is 91.5 Å². The molecule has 0 aliphatic heterocycles. The summed E-state index contributed by atoms with van der Waals surface area (Å²) in [5, 5.41) is 2.93. The highest BCUT2D eigenvalue weighted by Gasteiger charge is 2.15. The number of aromatic amines is 1. The Hall–Kier alpha value is -0.990. The zero-order chi connectivity index (χ0) is 11.6. The molecule has 0 atom stereocenters. The van der Waals surface area contributed by atoms with Gasteiger partial charge in [-0.05, 0) is 32.6 Å². The molecular weight excluding hydrogens is 188 g/mol. The van der Waals surface area contributed by atoms with E-state index in [9.17, 15) is 4.79 Å². The van der Waals surface area contributed by atoms with Crippen molar-refractivity contribution in [2.24, 2.45) is 5.92 Å². The Morgan fingerprint density at radius 1 is 1.27 bits per heavy atom. The minimum Gasteiger partial charge on any atom is -0.286 e. The van der Waals surface area contributed by atoms with Crippen LogP contribution in [0.1, 0.15) is 51.9 Å². The van der Waals surface area contributed by atoms with Crippen LogP contribution in [0.5, 0.6) is 0 Å². The molecule has 1 N–H and O–H groups in total. The average molecular weight is 210 g/mol. The summed E-state index contributed by atoms with van der Waals surface area (Å²) in [6.45, 7) is 10.6. The second-order valence-corrected chi connectivity index (χ2v) is 4.78. The molecular formula is C12H22N2O. The summed E-state index contributed by atoms with van der Waals surface area (Å²) >= 11 is 0. The maximum Gasteiger partial charge on any atom is 0.267 e. The number of hydrogen-bond donors (Lipinski definition) is 1. The molecule has 86 valence electrons. The quantitative estimate of drug-likeness (QED) is 0.814. The lowest BCUT2D eigenvalue weighted by atomic mass is 10.0. The maximum atomic E-state index is 11.8. The van der Waals surface area contributed by atoms with Crippen LogP contribution in [0.2, 0.25) is 0 Å². The molecule has 0 bridgehead atoms. The van der Waals surface area contributed by atoms with Crippen LogP contribution in [0.4, 0.5) is 0 Å². The molecule has 0 fully saturated rings. The first-order chi connectivity index (χ1) is 6.97. The van der Waals surface area contributed by atoms with Crippen molar-refractivity contribution in [3.63, 3.8) is 0 Å². The van der Waals surface area contributed by atoms with Gasteiger partial charge in [-0.3, -0.25) is 14.6 Å². The van der Waals surface area contributed by atoms with E-state index in [1.807, 2.05) is 4.68 Å². The monoisotopic (exact) mass is 210 g/mol. The number of aromatic nitrogens is 2. The molecule has 0 aliphatic carbocycles. The van der Waals surface area contributed by atoms with Gasteiger partial charge in [0.25, 0.3) is 5.56 Å². The minimum absolute atomic E-state index is 0.0919. The molecule has 3 nitrogen and oxygen atoms in total. The number of rotatable bonds is 4. The number of H-pyrrole nitrogens is 1. The highest BCUT2D eigenvalue weighted by molar-refractivity contribution is 5.19. The molecule has 0 unspecified atom stereocenters. The van der Waals surface area contributed by atoms with Gasteiger partial charge in [0, 0.05) is 17.3 Å². The molecule has 15 heavy (non-hydrogen) atoms. The Bertz CT molecular complexity index is 371. The number of hydrogen-bond acceptors (Lipinski definition) is 1. The van der Waals surface area contributed by atoms with Gasteiger partial charge in [0.15, 0.2) is 0 Å². The fourth-order valence-electron chi connectivity index (χ4n) is 1.96. The van der Waals surface area contributed by atoms with Crippen LogP contribution in [0.15, 0.2) is 4.79 Å². The summed E-state index contributed by atoms with van der Waals surface area (Å²) in [6, 6.07) is 0.327. The number of nitrogens with one attached hydrogen (secondary N) is 1. The third kappa shape index (κ3) is 2.52. The van der Waals surface area contributed by atoms with Crippen molar-refractivity contribution in [3.05, 3.63) is 21.6 Å². The first kappa shape index (κ1) is 12.1. The average Bonchev–Trinajstić information content (AvgIpc) is 2.43. The molecule has 0 saturated heterocycles. The Balaban J connectivity index is 3.19. The highest BCUT2D eigenvalue weighted by atomic mass is 16.1. The normalized spacial score (nSPS) is 11.7. The van der Waals surface area contributed by atoms with Crippen molar-refractivity contribution in [2.45, 2.75) is 53.5 Å². The van der Waals surface area contributed by atoms with Crippen LogP contribution in [0, 0.1) is 5.92 Å². The SMILES string of the molecule is CCc1c(CC(C)C)c(=O)[nH]n1C(C)C. The second kappa shape index (κ2) is 4.69. The third-order valence-electron chi connectivity index (χ3n) is 2.60. The first-order valence-electron chi connectivity index (χ1n) is 5.79. The summed E-state index contributed by atoms with van der Waals surface area (Å²) in [5.74, 6) is 0.527. The smallest absolute Gasteiger partial charge is 0.267 e. The standard InChI is InChI=1S/C12H22N2O/c1-6-11-10(7-8(2)3)12(15)13-14(11)9(4)5/h8-9H,6-7H2,1-5H3,(H,13,15). The molecule has 0 aliphatic rings. The largest absolute Gasteiger partial charge is 0.286 e. The third-order valence-corrected chi connectivity index (χ3v) is 2.60. The van der Waals surface area contributed by atoms with Crippen molar-refractivity contribution in [1.29, 1.82) is 0 Å². The summed E-state index contributed by atoms with van der Waals surface area (Å²) in [6.07, 6.45) is 1.79. The zero-order valence-electron chi connectivity index (χ0n) is 10.4.